The molecule has 6 nitrogen and oxygen atoms in total. The van der Waals surface area contributed by atoms with Crippen molar-refractivity contribution in [2.45, 2.75) is 4.21 Å². The van der Waals surface area contributed by atoms with Gasteiger partial charge in [-0.15, -0.1) is 11.3 Å². The number of halogens is 1. The third-order valence-electron chi connectivity index (χ3n) is 1.10. The molecule has 0 amide bonds. The zero-order valence-electron chi connectivity index (χ0n) is 6.10. The number of hydrogen-bond acceptors (Lipinski definition) is 5. The van der Waals surface area contributed by atoms with Gasteiger partial charge in [0.2, 0.25) is 0 Å². The van der Waals surface area contributed by atoms with Crippen LogP contribution in [-0.4, -0.2) is 17.9 Å². The molecular formula is C4H2AgClNO5S2. The molecule has 14 heavy (non-hydrogen) atoms. The predicted octanol–water partition coefficient (Wildman–Crippen LogP) is 1.55. The molecular weight excluding hydrogens is 350 g/mol. The van der Waals surface area contributed by atoms with Gasteiger partial charge >= 0.3 is 10.1 Å². The first-order valence-electron chi connectivity index (χ1n) is 2.73. The maximum atomic E-state index is 10.5. The van der Waals surface area contributed by atoms with Gasteiger partial charge in [-0.25, -0.2) is 0 Å². The average Bonchev–Trinajstić information content (AvgIpc) is 2.29. The third-order valence-corrected chi connectivity index (χ3v) is 3.74. The molecule has 0 saturated heterocycles. The number of thiophene rings is 1. The number of nitrogens with zero attached hydrogens (tertiary/aromatic N) is 1. The van der Waals surface area contributed by atoms with E-state index in [2.05, 4.69) is 0 Å². The van der Waals surface area contributed by atoms with E-state index in [0.717, 1.165) is 0 Å². The van der Waals surface area contributed by atoms with Gasteiger partial charge in [0.25, 0.3) is 5.69 Å². The molecule has 0 aliphatic heterocycles. The van der Waals surface area contributed by atoms with Crippen LogP contribution in [0.5, 0.6) is 0 Å². The SMILES string of the molecule is O=[N+]([O-])c1cc(S(=O)(=O)O)sc1Cl.[Ag]. The second-order valence-corrected chi connectivity index (χ2v) is 5.26. The standard InChI is InChI=1S/C4H2ClNO5S2.Ag/c5-4-2(6(7)8)1-3(12-4)13(9,10)11;/h1H,(H,9,10,11);. The van der Waals surface area contributed by atoms with E-state index in [9.17, 15) is 18.5 Å². The van der Waals surface area contributed by atoms with Crippen LogP contribution in [0.4, 0.5) is 5.69 Å². The quantitative estimate of drug-likeness (QED) is 0.377. The van der Waals surface area contributed by atoms with Gasteiger partial charge in [-0.3, -0.25) is 14.7 Å². The van der Waals surface area contributed by atoms with Crippen LogP contribution in [0.1, 0.15) is 0 Å². The molecule has 0 spiro atoms. The molecule has 83 valence electrons. The molecule has 0 unspecified atom stereocenters. The van der Waals surface area contributed by atoms with Crippen LogP contribution >= 0.6 is 22.9 Å². The molecule has 0 aromatic carbocycles. The van der Waals surface area contributed by atoms with Gasteiger partial charge in [0.05, 0.1) is 4.92 Å². The summed E-state index contributed by atoms with van der Waals surface area (Å²) in [6, 6.07) is 0.711. The summed E-state index contributed by atoms with van der Waals surface area (Å²) < 4.78 is 28.7. The second kappa shape index (κ2) is 4.71. The first-order valence-corrected chi connectivity index (χ1v) is 5.37. The number of hydrogen-bond donors (Lipinski definition) is 1. The molecule has 0 atom stereocenters. The molecule has 1 rings (SSSR count). The van der Waals surface area contributed by atoms with E-state index >= 15 is 0 Å². The maximum Gasteiger partial charge on any atom is 0.304 e. The Kier molecular flexibility index (Phi) is 4.72. The zero-order valence-corrected chi connectivity index (χ0v) is 9.97. The molecule has 0 fully saturated rings. The van der Waals surface area contributed by atoms with Crippen molar-refractivity contribution in [3.63, 3.8) is 0 Å². The van der Waals surface area contributed by atoms with Gasteiger partial charge in [0.15, 0.2) is 8.55 Å². The second-order valence-electron chi connectivity index (χ2n) is 1.96. The molecule has 1 heterocycles. The van der Waals surface area contributed by atoms with Gasteiger partial charge in [0.1, 0.15) is 0 Å². The van der Waals surface area contributed by atoms with Crippen LogP contribution in [0.3, 0.4) is 0 Å². The van der Waals surface area contributed by atoms with E-state index < -0.39 is 24.9 Å². The number of rotatable bonds is 2. The van der Waals surface area contributed by atoms with Gasteiger partial charge in [-0.05, 0) is 0 Å². The van der Waals surface area contributed by atoms with Crippen LogP contribution < -0.4 is 0 Å². The van der Waals surface area contributed by atoms with Crippen molar-refractivity contribution >= 4 is 38.7 Å². The summed E-state index contributed by atoms with van der Waals surface area (Å²) in [6.45, 7) is 0. The van der Waals surface area contributed by atoms with Crippen molar-refractivity contribution in [3.05, 3.63) is 20.5 Å². The Hall–Kier alpha value is 0.0403. The fourth-order valence-electron chi connectivity index (χ4n) is 0.590. The summed E-state index contributed by atoms with van der Waals surface area (Å²) in [6.07, 6.45) is 0. The van der Waals surface area contributed by atoms with E-state index in [1.165, 1.54) is 0 Å². The van der Waals surface area contributed by atoms with Crippen molar-refractivity contribution in [3.8, 4) is 0 Å². The Bertz CT molecular complexity index is 454. The van der Waals surface area contributed by atoms with E-state index in [1.807, 2.05) is 0 Å². The predicted molar refractivity (Wildman–Crippen MR) is 45.8 cm³/mol. The molecule has 0 aliphatic rings. The van der Waals surface area contributed by atoms with Crippen molar-refractivity contribution in [2.75, 3.05) is 0 Å². The van der Waals surface area contributed by atoms with Crippen LogP contribution in [0.15, 0.2) is 10.3 Å². The van der Waals surface area contributed by atoms with Crippen molar-refractivity contribution in [1.82, 2.24) is 0 Å². The Morgan fingerprint density at radius 3 is 2.29 bits per heavy atom. The van der Waals surface area contributed by atoms with Gasteiger partial charge in [0, 0.05) is 28.4 Å². The Labute approximate surface area is 103 Å². The minimum Gasteiger partial charge on any atom is -0.281 e. The first-order chi connectivity index (χ1) is 5.82. The fourth-order valence-corrected chi connectivity index (χ4v) is 2.62. The molecule has 0 saturated carbocycles. The first kappa shape index (κ1) is 14.0. The monoisotopic (exact) mass is 350 g/mol. The molecule has 1 radical (unpaired) electrons. The summed E-state index contributed by atoms with van der Waals surface area (Å²) in [5.41, 5.74) is -0.528. The van der Waals surface area contributed by atoms with Crippen molar-refractivity contribution in [2.24, 2.45) is 0 Å². The summed E-state index contributed by atoms with van der Waals surface area (Å²) in [5.74, 6) is 0. The summed E-state index contributed by atoms with van der Waals surface area (Å²) in [4.78, 5) is 9.39. The van der Waals surface area contributed by atoms with E-state index in [4.69, 9.17) is 16.2 Å². The van der Waals surface area contributed by atoms with E-state index in [-0.39, 0.29) is 26.7 Å². The van der Waals surface area contributed by atoms with Crippen molar-refractivity contribution in [1.29, 1.82) is 0 Å². The van der Waals surface area contributed by atoms with Crippen LogP contribution in [0, 0.1) is 10.1 Å². The topological polar surface area (TPSA) is 97.5 Å². The Balaban J connectivity index is 0.00000169. The summed E-state index contributed by atoms with van der Waals surface area (Å²) in [7, 11) is -4.41. The molecule has 1 N–H and O–H groups in total. The van der Waals surface area contributed by atoms with Gasteiger partial charge in [-0.1, -0.05) is 11.6 Å². The average molecular weight is 352 g/mol. The van der Waals surface area contributed by atoms with E-state index in [0.29, 0.717) is 17.4 Å². The zero-order chi connectivity index (χ0) is 10.2. The molecule has 0 bridgehead atoms. The molecule has 1 aromatic heterocycles. The van der Waals surface area contributed by atoms with Gasteiger partial charge in [-0.2, -0.15) is 8.42 Å². The largest absolute Gasteiger partial charge is 0.304 e. The van der Waals surface area contributed by atoms with Gasteiger partial charge < -0.3 is 0 Å². The van der Waals surface area contributed by atoms with Crippen LogP contribution in [-0.2, 0) is 32.5 Å². The Morgan fingerprint density at radius 2 is 2.07 bits per heavy atom. The maximum absolute atomic E-state index is 10.5. The van der Waals surface area contributed by atoms with Crippen LogP contribution in [0.2, 0.25) is 4.34 Å². The number of nitro groups is 1. The molecule has 0 aliphatic carbocycles. The smallest absolute Gasteiger partial charge is 0.281 e. The fraction of sp³-hybridized carbons (Fsp3) is 0. The normalized spacial score (nSPS) is 10.7. The minimum atomic E-state index is -4.41. The summed E-state index contributed by atoms with van der Waals surface area (Å²) >= 11 is 5.78. The van der Waals surface area contributed by atoms with E-state index in [1.54, 1.807) is 0 Å². The summed E-state index contributed by atoms with van der Waals surface area (Å²) in [5, 5.41) is 10.2. The Morgan fingerprint density at radius 1 is 1.57 bits per heavy atom. The molecule has 10 heteroatoms. The van der Waals surface area contributed by atoms with Crippen molar-refractivity contribution < 1.29 is 40.3 Å². The minimum absolute atomic E-state index is 0. The third kappa shape index (κ3) is 3.02. The molecule has 1 aromatic rings. The van der Waals surface area contributed by atoms with Crippen LogP contribution in [0.25, 0.3) is 0 Å².